The Labute approximate surface area is 108 Å². The number of carbonyl (C=O) groups excluding carboxylic acids is 1. The van der Waals surface area contributed by atoms with Gasteiger partial charge in [-0.25, -0.2) is 4.39 Å². The molecule has 0 spiro atoms. The zero-order chi connectivity index (χ0) is 13.8. The summed E-state index contributed by atoms with van der Waals surface area (Å²) >= 11 is 0. The van der Waals surface area contributed by atoms with E-state index in [0.29, 0.717) is 11.3 Å². The zero-order valence-corrected chi connectivity index (χ0v) is 9.93. The number of aromatic hydroxyl groups is 1. The van der Waals surface area contributed by atoms with Gasteiger partial charge in [-0.1, -0.05) is 0 Å². The summed E-state index contributed by atoms with van der Waals surface area (Å²) in [6.07, 6.45) is 2.56. The lowest BCUT2D eigenvalue weighted by molar-refractivity contribution is 0.102. The Bertz CT molecular complexity index is 617. The van der Waals surface area contributed by atoms with Crippen LogP contribution in [-0.2, 0) is 6.54 Å². The quantitative estimate of drug-likeness (QED) is 0.783. The maximum absolute atomic E-state index is 13.3. The Morgan fingerprint density at radius 2 is 2.21 bits per heavy atom. The fraction of sp³-hybridized carbons (Fsp3) is 0.0769. The van der Waals surface area contributed by atoms with Crippen LogP contribution in [0.5, 0.6) is 5.75 Å². The van der Waals surface area contributed by atoms with E-state index in [-0.39, 0.29) is 17.9 Å². The number of pyridine rings is 1. The van der Waals surface area contributed by atoms with Gasteiger partial charge in [-0.2, -0.15) is 0 Å². The Morgan fingerprint density at radius 3 is 2.89 bits per heavy atom. The molecule has 0 atom stereocenters. The predicted molar refractivity (Wildman–Crippen MR) is 68.1 cm³/mol. The first kappa shape index (κ1) is 13.0. The van der Waals surface area contributed by atoms with Gasteiger partial charge in [0.15, 0.2) is 0 Å². The van der Waals surface area contributed by atoms with Crippen molar-refractivity contribution in [3.8, 4) is 5.75 Å². The second-order valence-corrected chi connectivity index (χ2v) is 3.86. The second kappa shape index (κ2) is 5.45. The molecule has 1 aromatic heterocycles. The van der Waals surface area contributed by atoms with Crippen LogP contribution in [0.1, 0.15) is 15.9 Å². The molecule has 2 rings (SSSR count). The number of amides is 1. The molecule has 0 aliphatic carbocycles. The first-order valence-corrected chi connectivity index (χ1v) is 5.54. The van der Waals surface area contributed by atoms with Gasteiger partial charge in [-0.15, -0.1) is 0 Å². The smallest absolute Gasteiger partial charge is 0.259 e. The maximum atomic E-state index is 13.3. The lowest BCUT2D eigenvalue weighted by atomic mass is 10.1. The molecule has 4 N–H and O–H groups in total. The monoisotopic (exact) mass is 261 g/mol. The molecular formula is C13H12FN3O2. The van der Waals surface area contributed by atoms with Crippen LogP contribution in [0.2, 0.25) is 0 Å². The highest BCUT2D eigenvalue weighted by Crippen LogP contribution is 2.18. The molecule has 0 aliphatic heterocycles. The van der Waals surface area contributed by atoms with Gasteiger partial charge in [0, 0.05) is 24.0 Å². The van der Waals surface area contributed by atoms with Gasteiger partial charge in [-0.05, 0) is 24.3 Å². The van der Waals surface area contributed by atoms with Crippen molar-refractivity contribution in [1.82, 2.24) is 4.98 Å². The van der Waals surface area contributed by atoms with E-state index in [0.717, 1.165) is 0 Å². The van der Waals surface area contributed by atoms with E-state index in [1.165, 1.54) is 36.7 Å². The molecule has 1 heterocycles. The number of rotatable bonds is 3. The standard InChI is InChI=1S/C13H12FN3O2/c14-11-2-1-9(5-8(11)6-15)17-13(19)10-3-4-16-7-12(10)18/h1-5,7,18H,6,15H2,(H,17,19). The Hall–Kier alpha value is -2.47. The largest absolute Gasteiger partial charge is 0.505 e. The molecule has 19 heavy (non-hydrogen) atoms. The summed E-state index contributed by atoms with van der Waals surface area (Å²) in [5, 5.41) is 12.1. The number of hydrogen-bond acceptors (Lipinski definition) is 4. The molecule has 2 aromatic rings. The van der Waals surface area contributed by atoms with Gasteiger partial charge in [-0.3, -0.25) is 9.78 Å². The normalized spacial score (nSPS) is 10.2. The molecule has 0 saturated heterocycles. The van der Waals surface area contributed by atoms with Crippen LogP contribution in [0.25, 0.3) is 0 Å². The van der Waals surface area contributed by atoms with E-state index in [2.05, 4.69) is 10.3 Å². The third-order valence-corrected chi connectivity index (χ3v) is 2.57. The number of aromatic nitrogens is 1. The number of nitrogens with one attached hydrogen (secondary N) is 1. The van der Waals surface area contributed by atoms with E-state index in [4.69, 9.17) is 5.73 Å². The zero-order valence-electron chi connectivity index (χ0n) is 9.93. The Balaban J connectivity index is 2.22. The third-order valence-electron chi connectivity index (χ3n) is 2.57. The van der Waals surface area contributed by atoms with Crippen LogP contribution in [-0.4, -0.2) is 16.0 Å². The molecule has 0 aliphatic rings. The molecular weight excluding hydrogens is 249 g/mol. The molecule has 5 nitrogen and oxygen atoms in total. The number of nitrogens with two attached hydrogens (primary N) is 1. The van der Waals surface area contributed by atoms with E-state index in [9.17, 15) is 14.3 Å². The van der Waals surface area contributed by atoms with Crippen LogP contribution in [0.15, 0.2) is 36.7 Å². The minimum Gasteiger partial charge on any atom is -0.505 e. The summed E-state index contributed by atoms with van der Waals surface area (Å²) in [7, 11) is 0. The summed E-state index contributed by atoms with van der Waals surface area (Å²) in [5.41, 5.74) is 6.18. The van der Waals surface area contributed by atoms with E-state index < -0.39 is 11.7 Å². The van der Waals surface area contributed by atoms with Gasteiger partial charge < -0.3 is 16.2 Å². The predicted octanol–water partition coefficient (Wildman–Crippen LogP) is 1.64. The minimum absolute atomic E-state index is 0.0377. The lowest BCUT2D eigenvalue weighted by Gasteiger charge is -2.08. The third kappa shape index (κ3) is 2.86. The van der Waals surface area contributed by atoms with E-state index in [1.807, 2.05) is 0 Å². The van der Waals surface area contributed by atoms with Crippen molar-refractivity contribution >= 4 is 11.6 Å². The molecule has 1 aromatic carbocycles. The first-order chi connectivity index (χ1) is 9.11. The SMILES string of the molecule is NCc1cc(NC(=O)c2ccncc2O)ccc1F. The summed E-state index contributed by atoms with van der Waals surface area (Å²) in [4.78, 5) is 15.6. The highest BCUT2D eigenvalue weighted by Gasteiger charge is 2.11. The summed E-state index contributed by atoms with van der Waals surface area (Å²) in [5.74, 6) is -1.15. The molecule has 1 amide bonds. The van der Waals surface area contributed by atoms with Crippen molar-refractivity contribution in [1.29, 1.82) is 0 Å². The molecule has 0 fully saturated rings. The molecule has 0 bridgehead atoms. The lowest BCUT2D eigenvalue weighted by Crippen LogP contribution is -2.13. The maximum Gasteiger partial charge on any atom is 0.259 e. The fourth-order valence-electron chi connectivity index (χ4n) is 1.59. The average molecular weight is 261 g/mol. The summed E-state index contributed by atoms with van der Waals surface area (Å²) < 4.78 is 13.3. The van der Waals surface area contributed by atoms with Crippen LogP contribution in [0, 0.1) is 5.82 Å². The van der Waals surface area contributed by atoms with Crippen LogP contribution < -0.4 is 11.1 Å². The Kier molecular flexibility index (Phi) is 3.72. The van der Waals surface area contributed by atoms with Crippen molar-refractivity contribution in [2.45, 2.75) is 6.54 Å². The van der Waals surface area contributed by atoms with Crippen LogP contribution in [0.3, 0.4) is 0 Å². The van der Waals surface area contributed by atoms with Crippen molar-refractivity contribution in [2.75, 3.05) is 5.32 Å². The van der Waals surface area contributed by atoms with Crippen molar-refractivity contribution in [2.24, 2.45) is 5.73 Å². The number of halogens is 1. The van der Waals surface area contributed by atoms with Gasteiger partial charge in [0.1, 0.15) is 11.6 Å². The summed E-state index contributed by atoms with van der Waals surface area (Å²) in [6.45, 7) is 0.0377. The van der Waals surface area contributed by atoms with Gasteiger partial charge in [0.2, 0.25) is 0 Å². The van der Waals surface area contributed by atoms with E-state index in [1.54, 1.807) is 0 Å². The van der Waals surface area contributed by atoms with Crippen molar-refractivity contribution in [3.63, 3.8) is 0 Å². The average Bonchev–Trinajstić information content (AvgIpc) is 2.41. The molecule has 98 valence electrons. The minimum atomic E-state index is -0.505. The number of carbonyl (C=O) groups is 1. The van der Waals surface area contributed by atoms with Crippen molar-refractivity contribution in [3.05, 3.63) is 53.6 Å². The molecule has 0 radical (unpaired) electrons. The second-order valence-electron chi connectivity index (χ2n) is 3.86. The summed E-state index contributed by atoms with van der Waals surface area (Å²) in [6, 6.07) is 5.48. The van der Waals surface area contributed by atoms with Crippen LogP contribution >= 0.6 is 0 Å². The highest BCUT2D eigenvalue weighted by molar-refractivity contribution is 6.05. The van der Waals surface area contributed by atoms with Gasteiger partial charge in [0.25, 0.3) is 5.91 Å². The molecule has 0 unspecified atom stereocenters. The Morgan fingerprint density at radius 1 is 1.42 bits per heavy atom. The van der Waals surface area contributed by atoms with Crippen molar-refractivity contribution < 1.29 is 14.3 Å². The highest BCUT2D eigenvalue weighted by atomic mass is 19.1. The van der Waals surface area contributed by atoms with Gasteiger partial charge >= 0.3 is 0 Å². The first-order valence-electron chi connectivity index (χ1n) is 5.54. The number of hydrogen-bond donors (Lipinski definition) is 3. The molecule has 0 saturated carbocycles. The van der Waals surface area contributed by atoms with Crippen LogP contribution in [0.4, 0.5) is 10.1 Å². The van der Waals surface area contributed by atoms with E-state index >= 15 is 0 Å². The number of nitrogens with zero attached hydrogens (tertiary/aromatic N) is 1. The molecule has 6 heteroatoms. The fourth-order valence-corrected chi connectivity index (χ4v) is 1.59. The van der Waals surface area contributed by atoms with Gasteiger partial charge in [0.05, 0.1) is 11.8 Å². The topological polar surface area (TPSA) is 88.2 Å². The number of anilines is 1. The number of benzene rings is 1.